The first kappa shape index (κ1) is 23.8. The third-order valence-corrected chi connectivity index (χ3v) is 8.34. The Kier molecular flexibility index (Phi) is 7.11. The van der Waals surface area contributed by atoms with E-state index >= 15 is 0 Å². The molecule has 2 aromatic rings. The van der Waals surface area contributed by atoms with Gasteiger partial charge in [0.25, 0.3) is 10.0 Å². The van der Waals surface area contributed by atoms with E-state index < -0.39 is 16.1 Å². The number of fused-ring (bicyclic) bond motifs is 1. The van der Waals surface area contributed by atoms with Crippen molar-refractivity contribution in [3.63, 3.8) is 0 Å². The minimum absolute atomic E-state index is 0.00157. The van der Waals surface area contributed by atoms with Gasteiger partial charge < -0.3 is 15.2 Å². The Morgan fingerprint density at radius 1 is 1.27 bits per heavy atom. The lowest BCUT2D eigenvalue weighted by Crippen LogP contribution is -2.45. The van der Waals surface area contributed by atoms with E-state index in [-0.39, 0.29) is 52.3 Å². The normalized spacial score (nSPS) is 20.0. The fourth-order valence-electron chi connectivity index (χ4n) is 4.41. The smallest absolute Gasteiger partial charge is 0.265 e. The largest absolute Gasteiger partial charge is 0.482 e. The number of carbonyl (C=O) groups is 1. The second-order valence-electron chi connectivity index (χ2n) is 8.61. The van der Waals surface area contributed by atoms with E-state index in [2.05, 4.69) is 10.3 Å². The van der Waals surface area contributed by atoms with Crippen LogP contribution in [0.1, 0.15) is 39.0 Å². The highest BCUT2D eigenvalue weighted by molar-refractivity contribution is 7.92. The molecule has 0 spiro atoms. The number of hydrogen-bond donors (Lipinski definition) is 2. The predicted octanol–water partition coefficient (Wildman–Crippen LogP) is 3.84. The average Bonchev–Trinajstić information content (AvgIpc) is 2.83. The van der Waals surface area contributed by atoms with Crippen molar-refractivity contribution in [1.82, 2.24) is 4.98 Å². The number of hydrogen-bond acceptors (Lipinski definition) is 6. The van der Waals surface area contributed by atoms with Gasteiger partial charge in [0.05, 0.1) is 18.0 Å². The van der Waals surface area contributed by atoms with Gasteiger partial charge in [-0.3, -0.25) is 4.79 Å². The molecular formula is C23H28ClN3O5S. The summed E-state index contributed by atoms with van der Waals surface area (Å²) in [6.07, 6.45) is 4.81. The number of nitrogens with one attached hydrogen (secondary N) is 1. The van der Waals surface area contributed by atoms with Gasteiger partial charge >= 0.3 is 0 Å². The number of benzene rings is 1. The number of aliphatic hydroxyl groups excluding tert-OH is 1. The van der Waals surface area contributed by atoms with Crippen molar-refractivity contribution in [3.8, 4) is 5.75 Å². The Morgan fingerprint density at radius 3 is 2.73 bits per heavy atom. The van der Waals surface area contributed by atoms with Gasteiger partial charge in [-0.2, -0.15) is 0 Å². The van der Waals surface area contributed by atoms with E-state index in [0.29, 0.717) is 5.92 Å². The fraction of sp³-hybridized carbons (Fsp3) is 0.478. The highest BCUT2D eigenvalue weighted by Gasteiger charge is 2.36. The molecule has 178 valence electrons. The Hall–Kier alpha value is -2.36. The number of aromatic nitrogens is 1. The summed E-state index contributed by atoms with van der Waals surface area (Å²) in [6, 6.07) is 9.08. The van der Waals surface area contributed by atoms with Gasteiger partial charge in [0.15, 0.2) is 11.6 Å². The predicted molar refractivity (Wildman–Crippen MR) is 126 cm³/mol. The molecule has 2 heterocycles. The summed E-state index contributed by atoms with van der Waals surface area (Å²) in [5, 5.41) is 12.8. The second-order valence-corrected chi connectivity index (χ2v) is 10.9. The molecule has 1 saturated carbocycles. The maximum atomic E-state index is 13.4. The molecule has 1 amide bonds. The van der Waals surface area contributed by atoms with Crippen molar-refractivity contribution in [3.05, 3.63) is 41.4 Å². The van der Waals surface area contributed by atoms with E-state index in [4.69, 9.17) is 16.3 Å². The summed E-state index contributed by atoms with van der Waals surface area (Å²) in [7, 11) is -4.04. The van der Waals surface area contributed by atoms with Crippen LogP contribution >= 0.6 is 11.6 Å². The third kappa shape index (κ3) is 5.10. The van der Waals surface area contributed by atoms with Crippen LogP contribution in [0.4, 0.5) is 11.6 Å². The van der Waals surface area contributed by atoms with E-state index in [9.17, 15) is 18.3 Å². The summed E-state index contributed by atoms with van der Waals surface area (Å²) >= 11 is 6.01. The topological polar surface area (TPSA) is 109 Å². The monoisotopic (exact) mass is 493 g/mol. The van der Waals surface area contributed by atoms with Crippen molar-refractivity contribution >= 4 is 39.2 Å². The van der Waals surface area contributed by atoms with E-state index in [0.717, 1.165) is 30.0 Å². The van der Waals surface area contributed by atoms with Crippen LogP contribution in [-0.4, -0.2) is 43.7 Å². The number of carbonyl (C=O) groups excluding carboxylic acids is 1. The lowest BCUT2D eigenvalue weighted by atomic mass is 9.80. The molecule has 1 fully saturated rings. The standard InChI is InChI=1S/C23H28ClN3O5S/c1-15(16-6-3-2-4-7-16)23(29)26-21-11-10-20-22(25-21)27(13-18(14-28)32-20)33(30,31)19-9-5-8-17(24)12-19/h5,8-12,15-16,18,28H,2-4,6-7,13-14H2,1H3,(H,25,26,29)/t15-,18+/m0/s1. The average molecular weight is 494 g/mol. The molecule has 2 aliphatic rings. The number of amides is 1. The summed E-state index contributed by atoms with van der Waals surface area (Å²) in [5.41, 5.74) is 0. The lowest BCUT2D eigenvalue weighted by molar-refractivity contribution is -0.121. The van der Waals surface area contributed by atoms with Crippen LogP contribution in [0.3, 0.4) is 0 Å². The molecule has 0 bridgehead atoms. The molecule has 1 aromatic heterocycles. The molecule has 0 radical (unpaired) electrons. The number of anilines is 2. The molecule has 10 heteroatoms. The molecule has 0 unspecified atom stereocenters. The minimum atomic E-state index is -4.04. The number of ether oxygens (including phenoxy) is 1. The molecule has 1 aliphatic heterocycles. The molecule has 1 aliphatic carbocycles. The molecular weight excluding hydrogens is 466 g/mol. The third-order valence-electron chi connectivity index (χ3n) is 6.35. The van der Waals surface area contributed by atoms with Crippen LogP contribution in [0.5, 0.6) is 5.75 Å². The molecule has 4 rings (SSSR count). The van der Waals surface area contributed by atoms with Gasteiger partial charge in [0.1, 0.15) is 11.9 Å². The van der Waals surface area contributed by atoms with Crippen molar-refractivity contribution in [2.75, 3.05) is 22.8 Å². The van der Waals surface area contributed by atoms with Crippen molar-refractivity contribution < 1.29 is 23.1 Å². The van der Waals surface area contributed by atoms with Crippen LogP contribution < -0.4 is 14.4 Å². The molecule has 8 nitrogen and oxygen atoms in total. The van der Waals surface area contributed by atoms with Crippen LogP contribution in [0.15, 0.2) is 41.3 Å². The Labute approximate surface area is 199 Å². The maximum absolute atomic E-state index is 13.4. The molecule has 33 heavy (non-hydrogen) atoms. The molecule has 2 atom stereocenters. The Bertz CT molecular complexity index is 1120. The zero-order valence-corrected chi connectivity index (χ0v) is 20.0. The number of sulfonamides is 1. The quantitative estimate of drug-likeness (QED) is 0.632. The van der Waals surface area contributed by atoms with Gasteiger partial charge in [-0.1, -0.05) is 43.9 Å². The zero-order chi connectivity index (χ0) is 23.6. The zero-order valence-electron chi connectivity index (χ0n) is 18.4. The van der Waals surface area contributed by atoms with Crippen LogP contribution in [-0.2, 0) is 14.8 Å². The molecule has 0 saturated heterocycles. The number of aliphatic hydroxyl groups is 1. The minimum Gasteiger partial charge on any atom is -0.482 e. The van der Waals surface area contributed by atoms with Gasteiger partial charge in [0, 0.05) is 10.9 Å². The first-order valence-corrected chi connectivity index (χ1v) is 13.0. The van der Waals surface area contributed by atoms with Crippen LogP contribution in [0, 0.1) is 11.8 Å². The van der Waals surface area contributed by atoms with Crippen molar-refractivity contribution in [2.45, 2.75) is 50.0 Å². The SMILES string of the molecule is C[C@H](C(=O)Nc1ccc2c(n1)N(S(=O)(=O)c1cccc(Cl)c1)C[C@H](CO)O2)C1CCCCC1. The highest BCUT2D eigenvalue weighted by atomic mass is 35.5. The number of rotatable bonds is 6. The first-order chi connectivity index (χ1) is 15.8. The number of pyridine rings is 1. The van der Waals surface area contributed by atoms with Gasteiger partial charge in [-0.15, -0.1) is 0 Å². The second kappa shape index (κ2) is 9.87. The van der Waals surface area contributed by atoms with E-state index in [1.165, 1.54) is 18.6 Å². The van der Waals surface area contributed by atoms with Crippen LogP contribution in [0.2, 0.25) is 5.02 Å². The highest BCUT2D eigenvalue weighted by Crippen LogP contribution is 2.37. The Morgan fingerprint density at radius 2 is 2.03 bits per heavy atom. The molecule has 1 aromatic carbocycles. The lowest BCUT2D eigenvalue weighted by Gasteiger charge is -2.34. The van der Waals surface area contributed by atoms with Crippen molar-refractivity contribution in [2.24, 2.45) is 11.8 Å². The summed E-state index contributed by atoms with van der Waals surface area (Å²) in [6.45, 7) is 1.44. The number of halogens is 1. The van der Waals surface area contributed by atoms with Crippen LogP contribution in [0.25, 0.3) is 0 Å². The molecule has 2 N–H and O–H groups in total. The number of nitrogens with zero attached hydrogens (tertiary/aromatic N) is 2. The fourth-order valence-corrected chi connectivity index (χ4v) is 6.17. The summed E-state index contributed by atoms with van der Waals surface area (Å²) < 4.78 is 33.6. The van der Waals surface area contributed by atoms with Gasteiger partial charge in [-0.05, 0) is 49.1 Å². The van der Waals surface area contributed by atoms with E-state index in [1.807, 2.05) is 6.92 Å². The van der Waals surface area contributed by atoms with Gasteiger partial charge in [-0.25, -0.2) is 17.7 Å². The maximum Gasteiger partial charge on any atom is 0.265 e. The summed E-state index contributed by atoms with van der Waals surface area (Å²) in [5.74, 6) is 0.559. The van der Waals surface area contributed by atoms with Crippen molar-refractivity contribution in [1.29, 1.82) is 0 Å². The summed E-state index contributed by atoms with van der Waals surface area (Å²) in [4.78, 5) is 17.3. The van der Waals surface area contributed by atoms with Gasteiger partial charge in [0.2, 0.25) is 5.91 Å². The van der Waals surface area contributed by atoms with E-state index in [1.54, 1.807) is 24.3 Å². The Balaban J connectivity index is 1.63. The first-order valence-electron chi connectivity index (χ1n) is 11.2.